The summed E-state index contributed by atoms with van der Waals surface area (Å²) in [4.78, 5) is 17.0. The molecule has 3 aromatic rings. The van der Waals surface area contributed by atoms with Gasteiger partial charge in [0.1, 0.15) is 11.3 Å². The van der Waals surface area contributed by atoms with Crippen LogP contribution < -0.4 is 5.73 Å². The molecule has 0 amide bonds. The predicted molar refractivity (Wildman–Crippen MR) is 91.3 cm³/mol. The molecule has 4 rings (SSSR count). The number of aromatic nitrogens is 4. The van der Waals surface area contributed by atoms with Gasteiger partial charge in [-0.15, -0.1) is 0 Å². The van der Waals surface area contributed by atoms with Gasteiger partial charge in [0.15, 0.2) is 5.65 Å². The zero-order valence-electron chi connectivity index (χ0n) is 12.7. The van der Waals surface area contributed by atoms with E-state index in [9.17, 15) is 0 Å². The van der Waals surface area contributed by atoms with E-state index in [4.69, 9.17) is 22.3 Å². The molecular formula is C17H18ClN5. The average molecular weight is 328 g/mol. The fourth-order valence-electron chi connectivity index (χ4n) is 3.23. The van der Waals surface area contributed by atoms with Crippen molar-refractivity contribution in [2.75, 3.05) is 0 Å². The number of benzene rings is 1. The second-order valence-corrected chi connectivity index (χ2v) is 6.59. The second-order valence-electron chi connectivity index (χ2n) is 6.15. The van der Waals surface area contributed by atoms with Crippen molar-refractivity contribution < 1.29 is 0 Å². The highest BCUT2D eigenvalue weighted by molar-refractivity contribution is 6.30. The largest absolute Gasteiger partial charge is 0.341 e. The number of rotatable bonds is 2. The third-order valence-electron chi connectivity index (χ3n) is 4.56. The van der Waals surface area contributed by atoms with Gasteiger partial charge in [-0.05, 0) is 37.8 Å². The summed E-state index contributed by atoms with van der Waals surface area (Å²) in [7, 11) is 0. The molecule has 1 saturated carbocycles. The highest BCUT2D eigenvalue weighted by Crippen LogP contribution is 2.33. The van der Waals surface area contributed by atoms with Gasteiger partial charge in [0.25, 0.3) is 0 Å². The number of aromatic amines is 1. The van der Waals surface area contributed by atoms with Crippen LogP contribution in [-0.2, 0) is 0 Å². The Kier molecular flexibility index (Phi) is 3.75. The van der Waals surface area contributed by atoms with Crippen LogP contribution in [0, 0.1) is 0 Å². The highest BCUT2D eigenvalue weighted by Gasteiger charge is 2.24. The maximum Gasteiger partial charge on any atom is 0.181 e. The zero-order chi connectivity index (χ0) is 15.8. The van der Waals surface area contributed by atoms with Gasteiger partial charge in [-0.1, -0.05) is 23.7 Å². The smallest absolute Gasteiger partial charge is 0.181 e. The van der Waals surface area contributed by atoms with Crippen LogP contribution in [0.4, 0.5) is 0 Å². The molecule has 3 N–H and O–H groups in total. The predicted octanol–water partition coefficient (Wildman–Crippen LogP) is 3.66. The number of fused-ring (bicyclic) bond motifs is 1. The minimum absolute atomic E-state index is 0.316. The monoisotopic (exact) mass is 327 g/mol. The third kappa shape index (κ3) is 2.82. The molecule has 2 heterocycles. The van der Waals surface area contributed by atoms with E-state index in [0.29, 0.717) is 17.0 Å². The van der Waals surface area contributed by atoms with Crippen molar-refractivity contribution in [2.24, 2.45) is 5.73 Å². The van der Waals surface area contributed by atoms with E-state index in [1.54, 1.807) is 6.33 Å². The number of imidazole rings is 1. The lowest BCUT2D eigenvalue weighted by Crippen LogP contribution is -2.26. The number of nitrogens with two attached hydrogens (primary N) is 1. The molecule has 1 aromatic carbocycles. The lowest BCUT2D eigenvalue weighted by Gasteiger charge is -2.25. The summed E-state index contributed by atoms with van der Waals surface area (Å²) in [5.41, 5.74) is 9.49. The molecule has 1 aliphatic carbocycles. The van der Waals surface area contributed by atoms with E-state index in [0.717, 1.165) is 53.9 Å². The first-order valence-corrected chi connectivity index (χ1v) is 8.31. The Morgan fingerprint density at radius 1 is 1.04 bits per heavy atom. The lowest BCUT2D eigenvalue weighted by molar-refractivity contribution is 0.385. The first-order chi connectivity index (χ1) is 11.2. The molecule has 1 fully saturated rings. The standard InChI is InChI=1S/C17H18ClN5/c18-12-5-1-10(2-6-12)14-15-17(21-9-20-15)23-16(22-14)11-3-7-13(19)8-4-11/h1-2,5-6,9,11,13H,3-4,7-8,19H2,(H,20,21,22,23). The minimum atomic E-state index is 0.316. The summed E-state index contributed by atoms with van der Waals surface area (Å²) in [5, 5.41) is 0.713. The molecule has 0 bridgehead atoms. The number of halogens is 1. The van der Waals surface area contributed by atoms with Crippen molar-refractivity contribution >= 4 is 22.8 Å². The molecule has 0 radical (unpaired) electrons. The molecule has 2 aromatic heterocycles. The number of hydrogen-bond acceptors (Lipinski definition) is 4. The van der Waals surface area contributed by atoms with Crippen molar-refractivity contribution in [3.63, 3.8) is 0 Å². The maximum atomic E-state index is 6.01. The molecule has 0 unspecified atom stereocenters. The van der Waals surface area contributed by atoms with E-state index in [1.807, 2.05) is 24.3 Å². The van der Waals surface area contributed by atoms with Crippen LogP contribution in [0.25, 0.3) is 22.4 Å². The van der Waals surface area contributed by atoms with Crippen molar-refractivity contribution in [1.29, 1.82) is 0 Å². The van der Waals surface area contributed by atoms with Gasteiger partial charge in [-0.25, -0.2) is 15.0 Å². The summed E-state index contributed by atoms with van der Waals surface area (Å²) in [5.74, 6) is 1.24. The molecule has 6 heteroatoms. The molecule has 5 nitrogen and oxygen atoms in total. The fourth-order valence-corrected chi connectivity index (χ4v) is 3.35. The number of hydrogen-bond donors (Lipinski definition) is 2. The first kappa shape index (κ1) is 14.6. The van der Waals surface area contributed by atoms with Crippen molar-refractivity contribution in [1.82, 2.24) is 19.9 Å². The summed E-state index contributed by atoms with van der Waals surface area (Å²) in [6, 6.07) is 8.02. The number of nitrogens with one attached hydrogen (secondary N) is 1. The van der Waals surface area contributed by atoms with Crippen molar-refractivity contribution in [2.45, 2.75) is 37.6 Å². The normalized spacial score (nSPS) is 21.7. The molecule has 118 valence electrons. The van der Waals surface area contributed by atoms with Gasteiger partial charge >= 0.3 is 0 Å². The quantitative estimate of drug-likeness (QED) is 0.752. The third-order valence-corrected chi connectivity index (χ3v) is 4.81. The Bertz CT molecular complexity index is 819. The van der Waals surface area contributed by atoms with Gasteiger partial charge < -0.3 is 10.7 Å². The van der Waals surface area contributed by atoms with E-state index >= 15 is 0 Å². The van der Waals surface area contributed by atoms with E-state index < -0.39 is 0 Å². The van der Waals surface area contributed by atoms with Crippen LogP contribution in [-0.4, -0.2) is 26.0 Å². The van der Waals surface area contributed by atoms with Crippen LogP contribution in [0.15, 0.2) is 30.6 Å². The Labute approximate surface area is 139 Å². The highest BCUT2D eigenvalue weighted by atomic mass is 35.5. The Morgan fingerprint density at radius 3 is 2.52 bits per heavy atom. The SMILES string of the molecule is NC1CCC(c2nc(-c3ccc(Cl)cc3)c3[nH]cnc3n2)CC1. The van der Waals surface area contributed by atoms with Gasteiger partial charge in [-0.2, -0.15) is 0 Å². The van der Waals surface area contributed by atoms with Crippen LogP contribution in [0.3, 0.4) is 0 Å². The summed E-state index contributed by atoms with van der Waals surface area (Å²) >= 11 is 6.00. The summed E-state index contributed by atoms with van der Waals surface area (Å²) in [6.07, 6.45) is 5.81. The Hall–Kier alpha value is -1.98. The average Bonchev–Trinajstić information content (AvgIpc) is 3.04. The zero-order valence-corrected chi connectivity index (χ0v) is 13.4. The first-order valence-electron chi connectivity index (χ1n) is 7.93. The van der Waals surface area contributed by atoms with Gasteiger partial charge in [0.05, 0.1) is 12.0 Å². The fraction of sp³-hybridized carbons (Fsp3) is 0.353. The second kappa shape index (κ2) is 5.91. The van der Waals surface area contributed by atoms with Crippen LogP contribution in [0.5, 0.6) is 0 Å². The molecule has 23 heavy (non-hydrogen) atoms. The molecule has 0 aliphatic heterocycles. The molecule has 1 aliphatic rings. The molecule has 0 atom stereocenters. The Balaban J connectivity index is 1.80. The van der Waals surface area contributed by atoms with Gasteiger partial charge in [0.2, 0.25) is 0 Å². The maximum absolute atomic E-state index is 6.01. The summed E-state index contributed by atoms with van der Waals surface area (Å²) < 4.78 is 0. The number of H-pyrrole nitrogens is 1. The van der Waals surface area contributed by atoms with Crippen LogP contribution >= 0.6 is 11.6 Å². The van der Waals surface area contributed by atoms with Crippen LogP contribution in [0.1, 0.15) is 37.4 Å². The molecule has 0 saturated heterocycles. The van der Waals surface area contributed by atoms with Crippen LogP contribution in [0.2, 0.25) is 5.02 Å². The van der Waals surface area contributed by atoms with Crippen molar-refractivity contribution in [3.05, 3.63) is 41.4 Å². The topological polar surface area (TPSA) is 80.5 Å². The van der Waals surface area contributed by atoms with Gasteiger partial charge in [-0.3, -0.25) is 0 Å². The lowest BCUT2D eigenvalue weighted by atomic mass is 9.86. The van der Waals surface area contributed by atoms with Crippen molar-refractivity contribution in [3.8, 4) is 11.3 Å². The van der Waals surface area contributed by atoms with E-state index in [1.165, 1.54) is 0 Å². The summed E-state index contributed by atoms with van der Waals surface area (Å²) in [6.45, 7) is 0. The van der Waals surface area contributed by atoms with E-state index in [-0.39, 0.29) is 0 Å². The molecular weight excluding hydrogens is 310 g/mol. The Morgan fingerprint density at radius 2 is 1.78 bits per heavy atom. The minimum Gasteiger partial charge on any atom is -0.341 e. The number of nitrogens with zero attached hydrogens (tertiary/aromatic N) is 3. The van der Waals surface area contributed by atoms with E-state index in [2.05, 4.69) is 15.0 Å². The van der Waals surface area contributed by atoms with Gasteiger partial charge in [0, 0.05) is 22.5 Å². The molecule has 0 spiro atoms.